The summed E-state index contributed by atoms with van der Waals surface area (Å²) in [6.07, 6.45) is 2.70. The summed E-state index contributed by atoms with van der Waals surface area (Å²) >= 11 is 0. The highest BCUT2D eigenvalue weighted by Gasteiger charge is 2.56. The van der Waals surface area contributed by atoms with E-state index >= 15 is 0 Å². The lowest BCUT2D eigenvalue weighted by molar-refractivity contribution is -0.548. The first kappa shape index (κ1) is 18.3. The Morgan fingerprint density at radius 1 is 1.38 bits per heavy atom. The van der Waals surface area contributed by atoms with Gasteiger partial charge >= 0.3 is 5.97 Å². The van der Waals surface area contributed by atoms with Gasteiger partial charge in [-0.2, -0.15) is 0 Å². The Morgan fingerprint density at radius 3 is 2.69 bits per heavy atom. The monoisotopic (exact) mass is 357 g/mol. The Morgan fingerprint density at radius 2 is 2.08 bits per heavy atom. The molecular weight excluding hydrogens is 334 g/mol. The van der Waals surface area contributed by atoms with E-state index in [-0.39, 0.29) is 24.4 Å². The van der Waals surface area contributed by atoms with E-state index in [9.17, 15) is 20.0 Å². The SMILES string of the molecule is CCOC(=O)C1=C(C)C2=CC[C@@H](c3ccccc3)[C@H]([N+](=O)[O-])[C@@]2(O)CC1. The molecule has 0 fully saturated rings. The third kappa shape index (κ3) is 2.94. The number of rotatable bonds is 4. The number of aliphatic hydroxyl groups is 1. The van der Waals surface area contributed by atoms with Crippen molar-refractivity contribution in [3.8, 4) is 0 Å². The quantitative estimate of drug-likeness (QED) is 0.508. The third-order valence-corrected chi connectivity index (χ3v) is 5.50. The molecule has 0 aromatic heterocycles. The van der Waals surface area contributed by atoms with Crippen molar-refractivity contribution in [3.05, 3.63) is 68.8 Å². The van der Waals surface area contributed by atoms with Crippen LogP contribution in [0.15, 0.2) is 53.1 Å². The molecule has 6 heteroatoms. The first-order chi connectivity index (χ1) is 12.4. The van der Waals surface area contributed by atoms with Crippen LogP contribution in [0.2, 0.25) is 0 Å². The normalized spacial score (nSPS) is 28.2. The van der Waals surface area contributed by atoms with Crippen LogP contribution < -0.4 is 0 Å². The van der Waals surface area contributed by atoms with E-state index in [4.69, 9.17) is 4.74 Å². The molecule has 2 aliphatic rings. The zero-order valence-electron chi connectivity index (χ0n) is 15.0. The van der Waals surface area contributed by atoms with Crippen LogP contribution in [0.4, 0.5) is 0 Å². The van der Waals surface area contributed by atoms with E-state index in [0.29, 0.717) is 23.1 Å². The average molecular weight is 357 g/mol. The molecule has 2 aliphatic carbocycles. The average Bonchev–Trinajstić information content (AvgIpc) is 2.61. The molecular formula is C20H23NO5. The number of allylic oxidation sites excluding steroid dienone is 1. The van der Waals surface area contributed by atoms with Crippen molar-refractivity contribution in [2.75, 3.05) is 6.61 Å². The highest BCUT2D eigenvalue weighted by molar-refractivity contribution is 5.91. The van der Waals surface area contributed by atoms with Gasteiger partial charge in [-0.25, -0.2) is 4.79 Å². The summed E-state index contributed by atoms with van der Waals surface area (Å²) < 4.78 is 5.09. The van der Waals surface area contributed by atoms with Crippen molar-refractivity contribution in [3.63, 3.8) is 0 Å². The van der Waals surface area contributed by atoms with Crippen molar-refractivity contribution in [1.29, 1.82) is 0 Å². The molecule has 1 aromatic rings. The van der Waals surface area contributed by atoms with Crippen LogP contribution in [0.25, 0.3) is 0 Å². The van der Waals surface area contributed by atoms with Gasteiger partial charge in [0, 0.05) is 10.5 Å². The second-order valence-corrected chi connectivity index (χ2v) is 6.85. The van der Waals surface area contributed by atoms with Gasteiger partial charge in [0.05, 0.1) is 12.5 Å². The topological polar surface area (TPSA) is 89.7 Å². The molecule has 138 valence electrons. The second-order valence-electron chi connectivity index (χ2n) is 6.85. The predicted molar refractivity (Wildman–Crippen MR) is 96.2 cm³/mol. The molecule has 1 N–H and O–H groups in total. The lowest BCUT2D eigenvalue weighted by Gasteiger charge is -2.43. The minimum absolute atomic E-state index is 0.138. The lowest BCUT2D eigenvalue weighted by atomic mass is 9.64. The van der Waals surface area contributed by atoms with E-state index in [1.54, 1.807) is 13.8 Å². The van der Waals surface area contributed by atoms with Gasteiger partial charge < -0.3 is 9.84 Å². The molecule has 0 saturated heterocycles. The van der Waals surface area contributed by atoms with Crippen molar-refractivity contribution < 1.29 is 19.6 Å². The maximum absolute atomic E-state index is 12.2. The Balaban J connectivity index is 2.06. The minimum atomic E-state index is -1.58. The smallest absolute Gasteiger partial charge is 0.334 e. The number of carbonyl (C=O) groups is 1. The number of hydrogen-bond acceptors (Lipinski definition) is 5. The fourth-order valence-electron chi connectivity index (χ4n) is 4.28. The summed E-state index contributed by atoms with van der Waals surface area (Å²) in [6, 6.07) is 8.13. The molecule has 3 atom stereocenters. The van der Waals surface area contributed by atoms with Crippen LogP contribution >= 0.6 is 0 Å². The summed E-state index contributed by atoms with van der Waals surface area (Å²) in [7, 11) is 0. The van der Waals surface area contributed by atoms with Crippen molar-refractivity contribution >= 4 is 5.97 Å². The van der Waals surface area contributed by atoms with Gasteiger partial charge in [-0.1, -0.05) is 36.4 Å². The molecule has 0 unspecified atom stereocenters. The number of hydrogen-bond donors (Lipinski definition) is 1. The summed E-state index contributed by atoms with van der Waals surface area (Å²) in [5, 5.41) is 23.3. The summed E-state index contributed by atoms with van der Waals surface area (Å²) in [5.41, 5.74) is 0.873. The van der Waals surface area contributed by atoms with Crippen LogP contribution in [0.5, 0.6) is 0 Å². The van der Waals surface area contributed by atoms with Crippen LogP contribution in [-0.4, -0.2) is 34.2 Å². The maximum atomic E-state index is 12.2. The minimum Gasteiger partial charge on any atom is -0.463 e. The summed E-state index contributed by atoms with van der Waals surface area (Å²) in [4.78, 5) is 23.7. The molecule has 0 saturated carbocycles. The number of ether oxygens (including phenoxy) is 1. The largest absolute Gasteiger partial charge is 0.463 e. The second kappa shape index (κ2) is 7.03. The number of nitrogens with zero attached hydrogens (tertiary/aromatic N) is 1. The number of carbonyl (C=O) groups excluding carboxylic acids is 1. The molecule has 6 nitrogen and oxygen atoms in total. The van der Waals surface area contributed by atoms with Crippen LogP contribution in [0.1, 0.15) is 44.6 Å². The highest BCUT2D eigenvalue weighted by atomic mass is 16.6. The highest BCUT2D eigenvalue weighted by Crippen LogP contribution is 2.48. The van der Waals surface area contributed by atoms with E-state index < -0.39 is 23.5 Å². The molecule has 3 rings (SSSR count). The molecule has 0 radical (unpaired) electrons. The first-order valence-corrected chi connectivity index (χ1v) is 8.88. The predicted octanol–water partition coefficient (Wildman–Crippen LogP) is 3.15. The van der Waals surface area contributed by atoms with Gasteiger partial charge in [-0.05, 0) is 49.8 Å². The van der Waals surface area contributed by atoms with Crippen molar-refractivity contribution in [1.82, 2.24) is 0 Å². The number of esters is 1. The standard InChI is InChI=1S/C20H23NO5/c1-3-26-19(22)15-11-12-20(23)17(13(15)2)10-9-16(18(20)21(24)25)14-7-5-4-6-8-14/h4-8,10,16,18,23H,3,9,11-12H2,1-2H3/t16-,18-,20+/m0/s1. The van der Waals surface area contributed by atoms with Crippen LogP contribution in [0, 0.1) is 10.1 Å². The molecule has 1 aromatic carbocycles. The van der Waals surface area contributed by atoms with Crippen LogP contribution in [0.3, 0.4) is 0 Å². The summed E-state index contributed by atoms with van der Waals surface area (Å²) in [5.74, 6) is -0.812. The first-order valence-electron chi connectivity index (χ1n) is 8.88. The molecule has 0 aliphatic heterocycles. The Bertz CT molecular complexity index is 783. The van der Waals surface area contributed by atoms with Gasteiger partial charge in [-0.3, -0.25) is 10.1 Å². The summed E-state index contributed by atoms with van der Waals surface area (Å²) in [6.45, 7) is 3.74. The Hall–Kier alpha value is -2.47. The van der Waals surface area contributed by atoms with Gasteiger partial charge in [0.15, 0.2) is 5.60 Å². The van der Waals surface area contributed by atoms with E-state index in [2.05, 4.69) is 0 Å². The number of fused-ring (bicyclic) bond motifs is 1. The molecule has 26 heavy (non-hydrogen) atoms. The zero-order chi connectivity index (χ0) is 18.9. The molecule has 0 spiro atoms. The lowest BCUT2D eigenvalue weighted by Crippen LogP contribution is -2.55. The van der Waals surface area contributed by atoms with Gasteiger partial charge in [0.1, 0.15) is 0 Å². The van der Waals surface area contributed by atoms with Crippen LogP contribution in [-0.2, 0) is 9.53 Å². The van der Waals surface area contributed by atoms with Crippen molar-refractivity contribution in [2.24, 2.45) is 0 Å². The molecule has 0 bridgehead atoms. The Labute approximate surface area is 152 Å². The van der Waals surface area contributed by atoms with Gasteiger partial charge in [-0.15, -0.1) is 0 Å². The fourth-order valence-corrected chi connectivity index (χ4v) is 4.28. The van der Waals surface area contributed by atoms with E-state index in [1.807, 2.05) is 36.4 Å². The zero-order valence-corrected chi connectivity index (χ0v) is 15.0. The van der Waals surface area contributed by atoms with Gasteiger partial charge in [0.25, 0.3) is 6.04 Å². The number of benzene rings is 1. The fraction of sp³-hybridized carbons (Fsp3) is 0.450. The van der Waals surface area contributed by atoms with E-state index in [0.717, 1.165) is 5.56 Å². The molecule has 0 amide bonds. The number of nitro groups is 1. The van der Waals surface area contributed by atoms with Gasteiger partial charge in [0.2, 0.25) is 0 Å². The van der Waals surface area contributed by atoms with Crippen molar-refractivity contribution in [2.45, 2.75) is 50.7 Å². The maximum Gasteiger partial charge on any atom is 0.334 e. The third-order valence-electron chi connectivity index (χ3n) is 5.50. The Kier molecular flexibility index (Phi) is 4.96. The molecule has 0 heterocycles. The van der Waals surface area contributed by atoms with E-state index in [1.165, 1.54) is 0 Å².